The van der Waals surface area contributed by atoms with Gasteiger partial charge in [-0.15, -0.1) is 0 Å². The van der Waals surface area contributed by atoms with Gasteiger partial charge in [0, 0.05) is 50.0 Å². The van der Waals surface area contributed by atoms with Gasteiger partial charge in [-0.2, -0.15) is 5.10 Å². The number of nitrogens with zero attached hydrogens (tertiary/aromatic N) is 5. The van der Waals surface area contributed by atoms with Crippen LogP contribution in [0.4, 0.5) is 11.6 Å². The van der Waals surface area contributed by atoms with Gasteiger partial charge in [-0.3, -0.25) is 14.6 Å². The van der Waals surface area contributed by atoms with Crippen LogP contribution in [-0.4, -0.2) is 44.3 Å². The first-order valence-electron chi connectivity index (χ1n) is 10.6. The van der Waals surface area contributed by atoms with Crippen LogP contribution in [0.2, 0.25) is 0 Å². The number of ether oxygens (including phenoxy) is 1. The molecule has 1 saturated heterocycles. The minimum Gasteiger partial charge on any atom is -0.369 e. The van der Waals surface area contributed by atoms with Crippen molar-refractivity contribution in [2.45, 2.75) is 19.6 Å². The maximum absolute atomic E-state index is 6.08. The van der Waals surface area contributed by atoms with Crippen molar-refractivity contribution in [3.8, 4) is 0 Å². The molecule has 5 rings (SSSR count). The van der Waals surface area contributed by atoms with E-state index in [1.165, 1.54) is 10.9 Å². The Morgan fingerprint density at radius 3 is 2.87 bits per heavy atom. The van der Waals surface area contributed by atoms with Crippen LogP contribution < -0.4 is 5.32 Å². The summed E-state index contributed by atoms with van der Waals surface area (Å²) in [6.07, 6.45) is 1.83. The van der Waals surface area contributed by atoms with E-state index in [4.69, 9.17) is 9.72 Å². The highest BCUT2D eigenvalue weighted by atomic mass is 16.5. The van der Waals surface area contributed by atoms with Crippen LogP contribution in [0.15, 0.2) is 60.8 Å². The summed E-state index contributed by atoms with van der Waals surface area (Å²) in [6, 6.07) is 18.4. The van der Waals surface area contributed by atoms with E-state index in [-0.39, 0.29) is 6.10 Å². The van der Waals surface area contributed by atoms with Crippen molar-refractivity contribution in [2.75, 3.05) is 25.0 Å². The molecule has 3 aromatic heterocycles. The first-order chi connectivity index (χ1) is 15.2. The Hall–Kier alpha value is -3.29. The Morgan fingerprint density at radius 2 is 2.00 bits per heavy atom. The van der Waals surface area contributed by atoms with Crippen LogP contribution in [0.3, 0.4) is 0 Å². The summed E-state index contributed by atoms with van der Waals surface area (Å²) in [7, 11) is 1.93. The zero-order chi connectivity index (χ0) is 21.2. The maximum atomic E-state index is 6.08. The molecule has 0 amide bonds. The van der Waals surface area contributed by atoms with Gasteiger partial charge < -0.3 is 10.1 Å². The molecule has 1 aromatic carbocycles. The van der Waals surface area contributed by atoms with Crippen molar-refractivity contribution in [2.24, 2.45) is 7.05 Å². The van der Waals surface area contributed by atoms with Crippen LogP contribution in [0.1, 0.15) is 23.1 Å². The van der Waals surface area contributed by atoms with Gasteiger partial charge in [0.1, 0.15) is 11.9 Å². The van der Waals surface area contributed by atoms with Gasteiger partial charge in [0.25, 0.3) is 0 Å². The van der Waals surface area contributed by atoms with E-state index in [1.54, 1.807) is 0 Å². The molecule has 4 aromatic rings. The van der Waals surface area contributed by atoms with Gasteiger partial charge in [-0.25, -0.2) is 4.98 Å². The van der Waals surface area contributed by atoms with Crippen molar-refractivity contribution < 1.29 is 4.74 Å². The molecule has 0 radical (unpaired) electrons. The second-order valence-corrected chi connectivity index (χ2v) is 7.95. The lowest BCUT2D eigenvalue weighted by Crippen LogP contribution is -2.38. The third kappa shape index (κ3) is 4.28. The van der Waals surface area contributed by atoms with Gasteiger partial charge in [0.15, 0.2) is 5.82 Å². The molecule has 4 heterocycles. The van der Waals surface area contributed by atoms with E-state index in [1.807, 2.05) is 55.2 Å². The number of hydrogen-bond donors (Lipinski definition) is 1. The molecular weight excluding hydrogens is 388 g/mol. The average molecular weight is 415 g/mol. The fourth-order valence-electron chi connectivity index (χ4n) is 4.01. The van der Waals surface area contributed by atoms with Crippen LogP contribution in [0.5, 0.6) is 0 Å². The SMILES string of the molecule is Cc1cc(Nc2cccc(C3CN(Cc4ccnc5ccccc45)CCO3)n2)nn1C. The zero-order valence-electron chi connectivity index (χ0n) is 17.8. The number of morpholine rings is 1. The number of pyridine rings is 2. The molecule has 31 heavy (non-hydrogen) atoms. The topological polar surface area (TPSA) is 68.1 Å². The first kappa shape index (κ1) is 19.7. The number of rotatable bonds is 5. The maximum Gasteiger partial charge on any atom is 0.153 e. The Labute approximate surface area is 181 Å². The van der Waals surface area contributed by atoms with E-state index in [9.17, 15) is 0 Å². The molecule has 1 unspecified atom stereocenters. The summed E-state index contributed by atoms with van der Waals surface area (Å²) < 4.78 is 7.93. The number of aromatic nitrogens is 4. The molecule has 0 spiro atoms. The van der Waals surface area contributed by atoms with Gasteiger partial charge >= 0.3 is 0 Å². The summed E-state index contributed by atoms with van der Waals surface area (Å²) in [5.41, 5.74) is 4.35. The molecule has 1 atom stereocenters. The molecule has 1 fully saturated rings. The van der Waals surface area contributed by atoms with Crippen LogP contribution in [0.25, 0.3) is 10.9 Å². The molecular formula is C24H26N6O. The normalized spacial score (nSPS) is 17.2. The third-order valence-corrected chi connectivity index (χ3v) is 5.75. The molecule has 7 nitrogen and oxygen atoms in total. The van der Waals surface area contributed by atoms with Gasteiger partial charge in [-0.05, 0) is 36.8 Å². The summed E-state index contributed by atoms with van der Waals surface area (Å²) in [4.78, 5) is 11.7. The lowest BCUT2D eigenvalue weighted by molar-refractivity contribution is -0.0348. The standard InChI is InChI=1S/C24H26N6O/c1-17-14-24(28-29(17)2)27-23-9-5-8-21(26-23)22-16-30(12-13-31-22)15-18-10-11-25-20-7-4-3-6-19(18)20/h3-11,14,22H,12-13,15-16H2,1-2H3,(H,26,27,28). The number of nitrogens with one attached hydrogen (secondary N) is 1. The summed E-state index contributed by atoms with van der Waals surface area (Å²) in [5, 5.41) is 8.96. The fourth-order valence-corrected chi connectivity index (χ4v) is 4.01. The molecule has 1 aliphatic rings. The minimum atomic E-state index is -0.0610. The molecule has 0 bridgehead atoms. The van der Waals surface area contributed by atoms with Crippen molar-refractivity contribution in [1.82, 2.24) is 24.6 Å². The molecule has 0 saturated carbocycles. The van der Waals surface area contributed by atoms with E-state index in [0.717, 1.165) is 48.2 Å². The van der Waals surface area contributed by atoms with Crippen molar-refractivity contribution in [3.05, 3.63) is 77.7 Å². The summed E-state index contributed by atoms with van der Waals surface area (Å²) in [6.45, 7) is 5.28. The average Bonchev–Trinajstić information content (AvgIpc) is 3.11. The minimum absolute atomic E-state index is 0.0610. The van der Waals surface area contributed by atoms with E-state index in [2.05, 4.69) is 44.6 Å². The number of hydrogen-bond acceptors (Lipinski definition) is 6. The van der Waals surface area contributed by atoms with Gasteiger partial charge in [0.2, 0.25) is 0 Å². The largest absolute Gasteiger partial charge is 0.369 e. The van der Waals surface area contributed by atoms with E-state index in [0.29, 0.717) is 6.61 Å². The van der Waals surface area contributed by atoms with Crippen LogP contribution >= 0.6 is 0 Å². The quantitative estimate of drug-likeness (QED) is 0.533. The highest BCUT2D eigenvalue weighted by Gasteiger charge is 2.24. The number of aryl methyl sites for hydroxylation is 2. The van der Waals surface area contributed by atoms with Crippen molar-refractivity contribution in [1.29, 1.82) is 0 Å². The first-order valence-corrected chi connectivity index (χ1v) is 10.6. The van der Waals surface area contributed by atoms with Crippen LogP contribution in [-0.2, 0) is 18.3 Å². The van der Waals surface area contributed by atoms with Crippen LogP contribution in [0, 0.1) is 6.92 Å². The predicted octanol–water partition coefficient (Wildman–Crippen LogP) is 3.99. The number of anilines is 2. The smallest absolute Gasteiger partial charge is 0.153 e. The third-order valence-electron chi connectivity index (χ3n) is 5.75. The Balaban J connectivity index is 1.31. The monoisotopic (exact) mass is 414 g/mol. The van der Waals surface area contributed by atoms with E-state index >= 15 is 0 Å². The highest BCUT2D eigenvalue weighted by Crippen LogP contribution is 2.25. The molecule has 7 heteroatoms. The highest BCUT2D eigenvalue weighted by molar-refractivity contribution is 5.81. The number of benzene rings is 1. The lowest BCUT2D eigenvalue weighted by atomic mass is 10.1. The molecule has 1 aliphatic heterocycles. The van der Waals surface area contributed by atoms with E-state index < -0.39 is 0 Å². The molecule has 158 valence electrons. The summed E-state index contributed by atoms with van der Waals surface area (Å²) in [5.74, 6) is 1.57. The molecule has 1 N–H and O–H groups in total. The van der Waals surface area contributed by atoms with Gasteiger partial charge in [-0.1, -0.05) is 24.3 Å². The Kier molecular flexibility index (Phi) is 5.36. The number of fused-ring (bicyclic) bond motifs is 1. The zero-order valence-corrected chi connectivity index (χ0v) is 17.8. The van der Waals surface area contributed by atoms with Gasteiger partial charge in [0.05, 0.1) is 17.8 Å². The van der Waals surface area contributed by atoms with Crippen molar-refractivity contribution >= 4 is 22.5 Å². The Morgan fingerprint density at radius 1 is 1.10 bits per heavy atom. The number of para-hydroxylation sites is 1. The second-order valence-electron chi connectivity index (χ2n) is 7.95. The Bertz CT molecular complexity index is 1180. The second kappa shape index (κ2) is 8.45. The van der Waals surface area contributed by atoms with Crippen molar-refractivity contribution in [3.63, 3.8) is 0 Å². The lowest BCUT2D eigenvalue weighted by Gasteiger charge is -2.33. The fraction of sp³-hybridized carbons (Fsp3) is 0.292. The molecule has 0 aliphatic carbocycles. The summed E-state index contributed by atoms with van der Waals surface area (Å²) >= 11 is 0. The predicted molar refractivity (Wildman–Crippen MR) is 121 cm³/mol.